The van der Waals surface area contributed by atoms with Gasteiger partial charge in [-0.3, -0.25) is 0 Å². The molecule has 0 aliphatic rings. The maximum Gasteiger partial charge on any atom is 0.145 e. The van der Waals surface area contributed by atoms with Gasteiger partial charge in [-0.15, -0.1) is 0 Å². The van der Waals surface area contributed by atoms with Crippen molar-refractivity contribution in [3.8, 4) is 0 Å². The lowest BCUT2D eigenvalue weighted by Gasteiger charge is -2.02. The molecule has 0 amide bonds. The molecule has 0 fully saturated rings. The Balaban J connectivity index is 2.27. The summed E-state index contributed by atoms with van der Waals surface area (Å²) in [6.45, 7) is 2.14. The molecule has 0 spiro atoms. The van der Waals surface area contributed by atoms with E-state index >= 15 is 0 Å². The lowest BCUT2D eigenvalue weighted by molar-refractivity contribution is 0.559. The summed E-state index contributed by atoms with van der Waals surface area (Å²) in [4.78, 5) is 0.766. The lowest BCUT2D eigenvalue weighted by Crippen LogP contribution is -1.97. The van der Waals surface area contributed by atoms with E-state index in [1.54, 1.807) is 6.26 Å². The van der Waals surface area contributed by atoms with Crippen LogP contribution in [0.4, 0.5) is 0 Å². The topological polar surface area (TPSA) is 13.1 Å². The fourth-order valence-corrected chi connectivity index (χ4v) is 1.69. The molecule has 0 N–H and O–H groups in total. The molecular weight excluding hydrogens is 204 g/mol. The molecule has 2 rings (SSSR count). The third-order valence-electron chi connectivity index (χ3n) is 2.37. The molecule has 0 radical (unpaired) electrons. The smallest absolute Gasteiger partial charge is 0.145 e. The fraction of sp³-hybridized carbons (Fsp3) is 0.154. The van der Waals surface area contributed by atoms with Crippen LogP contribution in [0.1, 0.15) is 23.8 Å². The van der Waals surface area contributed by atoms with Crippen LogP contribution in [0, 0.1) is 0 Å². The van der Waals surface area contributed by atoms with Gasteiger partial charge in [-0.25, -0.2) is 0 Å². The highest BCUT2D eigenvalue weighted by molar-refractivity contribution is 7.81. The predicted octanol–water partition coefficient (Wildman–Crippen LogP) is 3.61. The van der Waals surface area contributed by atoms with E-state index < -0.39 is 0 Å². The number of rotatable bonds is 3. The third kappa shape index (κ3) is 2.16. The Kier molecular flexibility index (Phi) is 2.97. The zero-order chi connectivity index (χ0) is 10.7. The molecule has 1 heterocycles. The molecule has 2 aromatic rings. The van der Waals surface area contributed by atoms with Crippen LogP contribution in [-0.2, 0) is 6.42 Å². The summed E-state index contributed by atoms with van der Waals surface area (Å²) in [5, 5.41) is 0. The highest BCUT2D eigenvalue weighted by atomic mass is 32.1. The van der Waals surface area contributed by atoms with Crippen molar-refractivity contribution in [3.05, 3.63) is 59.5 Å². The molecule has 0 unspecified atom stereocenters. The van der Waals surface area contributed by atoms with Gasteiger partial charge in [-0.2, -0.15) is 0 Å². The first kappa shape index (κ1) is 10.1. The highest BCUT2D eigenvalue weighted by Gasteiger charge is 2.06. The Bertz CT molecular complexity index is 440. The number of thiocarbonyl (C=S) groups is 1. The summed E-state index contributed by atoms with van der Waals surface area (Å²) in [5.41, 5.74) is 2.36. The molecular formula is C13H12OS. The first-order valence-corrected chi connectivity index (χ1v) is 5.39. The quantitative estimate of drug-likeness (QED) is 0.574. The minimum atomic E-state index is 0.759. The molecule has 2 heteroatoms. The Morgan fingerprint density at radius 3 is 2.47 bits per heavy atom. The average molecular weight is 216 g/mol. The van der Waals surface area contributed by atoms with Gasteiger partial charge in [0, 0.05) is 0 Å². The van der Waals surface area contributed by atoms with Crippen LogP contribution in [-0.4, -0.2) is 4.86 Å². The van der Waals surface area contributed by atoms with Gasteiger partial charge < -0.3 is 4.42 Å². The second-order valence-corrected chi connectivity index (χ2v) is 3.77. The van der Waals surface area contributed by atoms with Crippen LogP contribution >= 0.6 is 12.2 Å². The van der Waals surface area contributed by atoms with Crippen LogP contribution in [0.15, 0.2) is 47.1 Å². The number of hydrogen-bond acceptors (Lipinski definition) is 2. The molecule has 0 aliphatic heterocycles. The van der Waals surface area contributed by atoms with Crippen molar-refractivity contribution in [2.45, 2.75) is 13.3 Å². The van der Waals surface area contributed by atoms with E-state index in [0.717, 1.165) is 22.6 Å². The third-order valence-corrected chi connectivity index (χ3v) is 2.81. The molecule has 76 valence electrons. The monoisotopic (exact) mass is 216 g/mol. The zero-order valence-corrected chi connectivity index (χ0v) is 9.38. The van der Waals surface area contributed by atoms with Crippen LogP contribution in [0.5, 0.6) is 0 Å². The van der Waals surface area contributed by atoms with Gasteiger partial charge in [0.15, 0.2) is 0 Å². The molecule has 0 bridgehead atoms. The largest absolute Gasteiger partial charge is 0.463 e. The molecule has 15 heavy (non-hydrogen) atoms. The Morgan fingerprint density at radius 1 is 1.20 bits per heavy atom. The van der Waals surface area contributed by atoms with Gasteiger partial charge in [-0.05, 0) is 29.7 Å². The number of furan rings is 1. The normalized spacial score (nSPS) is 10.2. The summed E-state index contributed by atoms with van der Waals surface area (Å²) >= 11 is 5.33. The second-order valence-electron chi connectivity index (χ2n) is 3.36. The highest BCUT2D eigenvalue weighted by Crippen LogP contribution is 2.13. The van der Waals surface area contributed by atoms with Gasteiger partial charge >= 0.3 is 0 Å². The minimum absolute atomic E-state index is 0.759. The number of aryl methyl sites for hydroxylation is 1. The fourth-order valence-electron chi connectivity index (χ4n) is 1.44. The maximum absolute atomic E-state index is 5.33. The van der Waals surface area contributed by atoms with Gasteiger partial charge in [0.1, 0.15) is 5.76 Å². The van der Waals surface area contributed by atoms with Crippen molar-refractivity contribution in [1.29, 1.82) is 0 Å². The van der Waals surface area contributed by atoms with Crippen molar-refractivity contribution < 1.29 is 4.42 Å². The maximum atomic E-state index is 5.33. The van der Waals surface area contributed by atoms with Gasteiger partial charge in [-0.1, -0.05) is 43.4 Å². The molecule has 1 aromatic carbocycles. The second kappa shape index (κ2) is 4.41. The lowest BCUT2D eigenvalue weighted by atomic mass is 10.1. The van der Waals surface area contributed by atoms with Crippen LogP contribution in [0.3, 0.4) is 0 Å². The van der Waals surface area contributed by atoms with Gasteiger partial charge in [0.2, 0.25) is 0 Å². The van der Waals surface area contributed by atoms with E-state index in [1.165, 1.54) is 5.56 Å². The standard InChI is InChI=1S/C13H12OS/c1-2-10-5-7-11(8-6-10)13(15)12-4-3-9-14-12/h3-9H,2H2,1H3. The van der Waals surface area contributed by atoms with E-state index in [0.29, 0.717) is 0 Å². The van der Waals surface area contributed by atoms with Crippen molar-refractivity contribution >= 4 is 17.1 Å². The molecule has 0 aliphatic carbocycles. The van der Waals surface area contributed by atoms with E-state index in [-0.39, 0.29) is 0 Å². The minimum Gasteiger partial charge on any atom is -0.463 e. The SMILES string of the molecule is CCc1ccc(C(=S)c2ccco2)cc1. The molecule has 0 saturated carbocycles. The predicted molar refractivity (Wildman–Crippen MR) is 65.3 cm³/mol. The van der Waals surface area contributed by atoms with E-state index in [9.17, 15) is 0 Å². The summed E-state index contributed by atoms with van der Waals surface area (Å²) in [7, 11) is 0. The van der Waals surface area contributed by atoms with E-state index in [4.69, 9.17) is 16.6 Å². The summed E-state index contributed by atoms with van der Waals surface area (Å²) in [5.74, 6) is 0.759. The Hall–Kier alpha value is -1.41. The van der Waals surface area contributed by atoms with Crippen molar-refractivity contribution in [1.82, 2.24) is 0 Å². The Labute approximate surface area is 94.7 Å². The van der Waals surface area contributed by atoms with Crippen LogP contribution in [0.2, 0.25) is 0 Å². The summed E-state index contributed by atoms with van der Waals surface area (Å²) in [6.07, 6.45) is 2.69. The summed E-state index contributed by atoms with van der Waals surface area (Å²) in [6, 6.07) is 12.0. The first-order chi connectivity index (χ1) is 7.31. The van der Waals surface area contributed by atoms with Crippen LogP contribution < -0.4 is 0 Å². The zero-order valence-electron chi connectivity index (χ0n) is 8.57. The van der Waals surface area contributed by atoms with Crippen molar-refractivity contribution in [2.24, 2.45) is 0 Å². The number of hydrogen-bond donors (Lipinski definition) is 0. The average Bonchev–Trinajstić information content (AvgIpc) is 2.82. The van der Waals surface area contributed by atoms with Crippen molar-refractivity contribution in [2.75, 3.05) is 0 Å². The number of benzene rings is 1. The molecule has 0 saturated heterocycles. The molecule has 1 nitrogen and oxygen atoms in total. The van der Waals surface area contributed by atoms with Crippen molar-refractivity contribution in [3.63, 3.8) is 0 Å². The molecule has 1 aromatic heterocycles. The molecule has 0 atom stereocenters. The Morgan fingerprint density at radius 2 is 1.93 bits per heavy atom. The summed E-state index contributed by atoms with van der Waals surface area (Å²) < 4.78 is 5.27. The van der Waals surface area contributed by atoms with Gasteiger partial charge in [0.05, 0.1) is 11.1 Å². The van der Waals surface area contributed by atoms with E-state index in [1.807, 2.05) is 24.3 Å². The van der Waals surface area contributed by atoms with E-state index in [2.05, 4.69) is 19.1 Å². The first-order valence-electron chi connectivity index (χ1n) is 4.98. The van der Waals surface area contributed by atoms with Gasteiger partial charge in [0.25, 0.3) is 0 Å². The van der Waals surface area contributed by atoms with Crippen LogP contribution in [0.25, 0.3) is 0 Å².